The third-order valence-electron chi connectivity index (χ3n) is 4.00. The number of likely N-dealkylation sites (N-methyl/N-ethyl adjacent to an activating group) is 1. The molecule has 0 saturated carbocycles. The van der Waals surface area contributed by atoms with Crippen LogP contribution >= 0.6 is 23.2 Å². The Kier molecular flexibility index (Phi) is 6.07. The monoisotopic (exact) mass is 372 g/mol. The van der Waals surface area contributed by atoms with Crippen LogP contribution in [0.5, 0.6) is 0 Å². The Hall–Kier alpha value is -1.79. The number of rotatable bonds is 4. The molecule has 1 aromatic rings. The lowest BCUT2D eigenvalue weighted by Crippen LogP contribution is -2.46. The van der Waals surface area contributed by atoms with E-state index in [-0.39, 0.29) is 29.6 Å². The fourth-order valence-corrected chi connectivity index (χ4v) is 3.14. The van der Waals surface area contributed by atoms with E-state index in [2.05, 4.69) is 0 Å². The van der Waals surface area contributed by atoms with Gasteiger partial charge in [-0.25, -0.2) is 0 Å². The zero-order valence-corrected chi connectivity index (χ0v) is 14.7. The topological polar surface area (TPSA) is 77.9 Å². The van der Waals surface area contributed by atoms with E-state index in [1.165, 1.54) is 29.0 Å². The van der Waals surface area contributed by atoms with Crippen molar-refractivity contribution in [3.8, 4) is 0 Å². The molecule has 2 rings (SSSR count). The fourth-order valence-electron chi connectivity index (χ4n) is 2.65. The molecule has 1 aromatic carbocycles. The van der Waals surface area contributed by atoms with E-state index in [0.717, 1.165) is 0 Å². The number of aliphatic carboxylic acids is 1. The average molecular weight is 373 g/mol. The molecule has 6 nitrogen and oxygen atoms in total. The molecule has 0 aliphatic carbocycles. The Labute approximate surface area is 149 Å². The third kappa shape index (κ3) is 4.39. The van der Waals surface area contributed by atoms with Crippen LogP contribution in [0.1, 0.15) is 23.2 Å². The van der Waals surface area contributed by atoms with Gasteiger partial charge in [-0.3, -0.25) is 14.4 Å². The highest BCUT2D eigenvalue weighted by Gasteiger charge is 2.29. The van der Waals surface area contributed by atoms with Gasteiger partial charge >= 0.3 is 5.97 Å². The van der Waals surface area contributed by atoms with Crippen LogP contribution in [0.4, 0.5) is 0 Å². The summed E-state index contributed by atoms with van der Waals surface area (Å²) < 4.78 is 0. The van der Waals surface area contributed by atoms with Gasteiger partial charge in [0.1, 0.15) is 0 Å². The van der Waals surface area contributed by atoms with Crippen LogP contribution < -0.4 is 0 Å². The molecular formula is C16H18Cl2N2O4. The van der Waals surface area contributed by atoms with Gasteiger partial charge in [0.05, 0.1) is 23.0 Å². The lowest BCUT2D eigenvalue weighted by Gasteiger charge is -2.32. The van der Waals surface area contributed by atoms with E-state index in [0.29, 0.717) is 24.4 Å². The second-order valence-corrected chi connectivity index (χ2v) is 6.65. The number of nitrogens with zero attached hydrogens (tertiary/aromatic N) is 2. The van der Waals surface area contributed by atoms with E-state index < -0.39 is 17.8 Å². The summed E-state index contributed by atoms with van der Waals surface area (Å²) in [4.78, 5) is 38.6. The van der Waals surface area contributed by atoms with Crippen LogP contribution in [-0.4, -0.2) is 59.4 Å². The third-order valence-corrected chi connectivity index (χ3v) is 4.55. The van der Waals surface area contributed by atoms with E-state index in [1.54, 1.807) is 6.07 Å². The summed E-state index contributed by atoms with van der Waals surface area (Å²) in [7, 11) is 1.50. The molecule has 1 aliphatic heterocycles. The lowest BCUT2D eigenvalue weighted by molar-refractivity contribution is -0.145. The van der Waals surface area contributed by atoms with Gasteiger partial charge in [0.2, 0.25) is 5.91 Å². The van der Waals surface area contributed by atoms with Crippen molar-refractivity contribution < 1.29 is 19.5 Å². The van der Waals surface area contributed by atoms with Gasteiger partial charge in [0, 0.05) is 25.2 Å². The van der Waals surface area contributed by atoms with Gasteiger partial charge in [0.25, 0.3) is 5.91 Å². The first-order valence-corrected chi connectivity index (χ1v) is 8.26. The van der Waals surface area contributed by atoms with Crippen LogP contribution in [0, 0.1) is 5.92 Å². The minimum Gasteiger partial charge on any atom is -0.481 e. The van der Waals surface area contributed by atoms with E-state index in [1.807, 2.05) is 0 Å². The summed E-state index contributed by atoms with van der Waals surface area (Å²) in [6.07, 6.45) is 1.21. The van der Waals surface area contributed by atoms with Crippen LogP contribution in [0.2, 0.25) is 10.0 Å². The van der Waals surface area contributed by atoms with Gasteiger partial charge in [-0.2, -0.15) is 0 Å². The molecule has 130 valence electrons. The zero-order chi connectivity index (χ0) is 17.9. The average Bonchev–Trinajstić information content (AvgIpc) is 2.54. The largest absolute Gasteiger partial charge is 0.481 e. The molecule has 0 radical (unpaired) electrons. The predicted octanol–water partition coefficient (Wildman–Crippen LogP) is 2.39. The molecule has 1 atom stereocenters. The van der Waals surface area contributed by atoms with Gasteiger partial charge < -0.3 is 14.9 Å². The molecule has 1 saturated heterocycles. The van der Waals surface area contributed by atoms with Crippen molar-refractivity contribution in [3.05, 3.63) is 33.8 Å². The standard InChI is InChI=1S/C16H18Cl2N2O4/c1-19(15(22)12-5-4-11(17)7-13(12)18)9-14(21)20-6-2-3-10(8-20)16(23)24/h4-5,7,10H,2-3,6,8-9H2,1H3,(H,23,24). The van der Waals surface area contributed by atoms with Gasteiger partial charge in [-0.1, -0.05) is 23.2 Å². The maximum Gasteiger partial charge on any atom is 0.308 e. The molecule has 1 aliphatic rings. The second-order valence-electron chi connectivity index (χ2n) is 5.80. The molecule has 0 aromatic heterocycles. The van der Waals surface area contributed by atoms with Crippen LogP contribution in [0.25, 0.3) is 0 Å². The maximum atomic E-state index is 12.4. The summed E-state index contributed by atoms with van der Waals surface area (Å²) in [6, 6.07) is 4.53. The molecular weight excluding hydrogens is 355 g/mol. The summed E-state index contributed by atoms with van der Waals surface area (Å²) in [5.41, 5.74) is 0.262. The van der Waals surface area contributed by atoms with Crippen LogP contribution in [0.3, 0.4) is 0 Å². The first-order chi connectivity index (χ1) is 11.3. The number of hydrogen-bond donors (Lipinski definition) is 1. The number of carbonyl (C=O) groups is 3. The number of halogens is 2. The Balaban J connectivity index is 2.00. The van der Waals surface area contributed by atoms with Gasteiger partial charge in [0.15, 0.2) is 0 Å². The number of hydrogen-bond acceptors (Lipinski definition) is 3. The van der Waals surface area contributed by atoms with E-state index in [4.69, 9.17) is 28.3 Å². The molecule has 8 heteroatoms. The van der Waals surface area contributed by atoms with Crippen molar-refractivity contribution in [2.45, 2.75) is 12.8 Å². The van der Waals surface area contributed by atoms with Crippen molar-refractivity contribution in [2.24, 2.45) is 5.92 Å². The highest BCUT2D eigenvalue weighted by Crippen LogP contribution is 2.22. The summed E-state index contributed by atoms with van der Waals surface area (Å²) in [6.45, 7) is 0.550. The smallest absolute Gasteiger partial charge is 0.308 e. The number of likely N-dealkylation sites (tertiary alicyclic amines) is 1. The lowest BCUT2D eigenvalue weighted by atomic mass is 9.98. The summed E-state index contributed by atoms with van der Waals surface area (Å²) >= 11 is 11.8. The van der Waals surface area contributed by atoms with Crippen LogP contribution in [0.15, 0.2) is 18.2 Å². The van der Waals surface area contributed by atoms with E-state index in [9.17, 15) is 14.4 Å². The highest BCUT2D eigenvalue weighted by molar-refractivity contribution is 6.36. The number of amides is 2. The Bertz CT molecular complexity index is 665. The second kappa shape index (κ2) is 7.85. The molecule has 1 N–H and O–H groups in total. The van der Waals surface area contributed by atoms with Gasteiger partial charge in [-0.15, -0.1) is 0 Å². The molecule has 1 unspecified atom stereocenters. The van der Waals surface area contributed by atoms with E-state index >= 15 is 0 Å². The van der Waals surface area contributed by atoms with Crippen molar-refractivity contribution in [2.75, 3.05) is 26.7 Å². The minimum absolute atomic E-state index is 0.135. The van der Waals surface area contributed by atoms with Crippen molar-refractivity contribution in [1.29, 1.82) is 0 Å². The molecule has 1 heterocycles. The summed E-state index contributed by atoms with van der Waals surface area (Å²) in [5.74, 6) is -2.11. The molecule has 0 spiro atoms. The van der Waals surface area contributed by atoms with Crippen molar-refractivity contribution >= 4 is 41.0 Å². The predicted molar refractivity (Wildman–Crippen MR) is 90.4 cm³/mol. The van der Waals surface area contributed by atoms with Crippen LogP contribution in [-0.2, 0) is 9.59 Å². The van der Waals surface area contributed by atoms with Gasteiger partial charge in [-0.05, 0) is 31.0 Å². The highest BCUT2D eigenvalue weighted by atomic mass is 35.5. The Morgan fingerprint density at radius 3 is 2.67 bits per heavy atom. The first-order valence-electron chi connectivity index (χ1n) is 7.50. The zero-order valence-electron chi connectivity index (χ0n) is 13.2. The molecule has 24 heavy (non-hydrogen) atoms. The molecule has 1 fully saturated rings. The Morgan fingerprint density at radius 1 is 1.33 bits per heavy atom. The number of carboxylic acid groups (broad SMARTS) is 1. The maximum absolute atomic E-state index is 12.4. The summed E-state index contributed by atoms with van der Waals surface area (Å²) in [5, 5.41) is 9.72. The fraction of sp³-hybridized carbons (Fsp3) is 0.438. The minimum atomic E-state index is -0.898. The number of benzene rings is 1. The number of carbonyl (C=O) groups excluding carboxylic acids is 2. The molecule has 2 amide bonds. The number of carboxylic acids is 1. The molecule has 0 bridgehead atoms. The number of piperidine rings is 1. The normalized spacial score (nSPS) is 17.5. The quantitative estimate of drug-likeness (QED) is 0.879. The Morgan fingerprint density at radius 2 is 2.04 bits per heavy atom. The first kappa shape index (κ1) is 18.5. The SMILES string of the molecule is CN(CC(=O)N1CCCC(C(=O)O)C1)C(=O)c1ccc(Cl)cc1Cl. The van der Waals surface area contributed by atoms with Crippen molar-refractivity contribution in [3.63, 3.8) is 0 Å². The van der Waals surface area contributed by atoms with Crippen molar-refractivity contribution in [1.82, 2.24) is 9.80 Å².